The summed E-state index contributed by atoms with van der Waals surface area (Å²) >= 11 is 1.37. The van der Waals surface area contributed by atoms with Crippen LogP contribution in [0.5, 0.6) is 0 Å². The first-order valence-electron chi connectivity index (χ1n) is 7.96. The smallest absolute Gasteiger partial charge is 0.241 e. The van der Waals surface area contributed by atoms with Gasteiger partial charge in [0.15, 0.2) is 0 Å². The van der Waals surface area contributed by atoms with Crippen molar-refractivity contribution in [3.8, 4) is 10.6 Å². The molecule has 0 bridgehead atoms. The number of benzene rings is 1. The van der Waals surface area contributed by atoms with Crippen molar-refractivity contribution >= 4 is 21.5 Å². The van der Waals surface area contributed by atoms with E-state index in [1.807, 2.05) is 13.8 Å². The van der Waals surface area contributed by atoms with Crippen LogP contribution in [0.4, 0.5) is 4.39 Å². The molecule has 1 aromatic heterocycles. The summed E-state index contributed by atoms with van der Waals surface area (Å²) in [7, 11) is -3.46. The highest BCUT2D eigenvalue weighted by molar-refractivity contribution is 7.86. The molecule has 2 heterocycles. The predicted molar refractivity (Wildman–Crippen MR) is 93.5 cm³/mol. The summed E-state index contributed by atoms with van der Waals surface area (Å²) < 4.78 is 42.2. The largest absolute Gasteiger partial charge is 0.282 e. The Morgan fingerprint density at radius 1 is 1.29 bits per heavy atom. The fourth-order valence-corrected chi connectivity index (χ4v) is 5.66. The van der Waals surface area contributed by atoms with Gasteiger partial charge in [-0.25, -0.2) is 9.37 Å². The lowest BCUT2D eigenvalue weighted by atomic mass is 10.2. The molecule has 0 saturated heterocycles. The highest BCUT2D eigenvalue weighted by atomic mass is 32.2. The van der Waals surface area contributed by atoms with Gasteiger partial charge in [0.2, 0.25) is 0 Å². The van der Waals surface area contributed by atoms with Crippen molar-refractivity contribution in [1.29, 1.82) is 0 Å². The second-order valence-corrected chi connectivity index (χ2v) is 8.56. The third-order valence-electron chi connectivity index (χ3n) is 4.16. The van der Waals surface area contributed by atoms with Gasteiger partial charge in [0.25, 0.3) is 10.2 Å². The van der Waals surface area contributed by atoms with E-state index in [1.165, 1.54) is 26.0 Å². The molecule has 0 unspecified atom stereocenters. The van der Waals surface area contributed by atoms with E-state index >= 15 is 0 Å². The topological polar surface area (TPSA) is 53.5 Å². The highest BCUT2D eigenvalue weighted by Gasteiger charge is 2.32. The summed E-state index contributed by atoms with van der Waals surface area (Å²) in [5, 5.41) is 0.611. The summed E-state index contributed by atoms with van der Waals surface area (Å²) in [4.78, 5) is 5.43. The highest BCUT2D eigenvalue weighted by Crippen LogP contribution is 2.33. The van der Waals surface area contributed by atoms with Crippen molar-refractivity contribution in [1.82, 2.24) is 13.6 Å². The van der Waals surface area contributed by atoms with E-state index in [0.29, 0.717) is 43.2 Å². The number of halogens is 1. The number of fused-ring (bicyclic) bond motifs is 1. The zero-order chi connectivity index (χ0) is 17.3. The van der Waals surface area contributed by atoms with E-state index in [1.54, 1.807) is 18.2 Å². The maximum absolute atomic E-state index is 14.0. The van der Waals surface area contributed by atoms with Crippen LogP contribution in [0.15, 0.2) is 24.3 Å². The zero-order valence-corrected chi connectivity index (χ0v) is 15.3. The zero-order valence-electron chi connectivity index (χ0n) is 13.7. The van der Waals surface area contributed by atoms with Crippen LogP contribution in [0, 0.1) is 5.82 Å². The first-order chi connectivity index (χ1) is 11.5. The van der Waals surface area contributed by atoms with Crippen molar-refractivity contribution in [2.75, 3.05) is 19.6 Å². The molecule has 1 aliphatic rings. The second kappa shape index (κ2) is 6.87. The molecule has 2 aromatic rings. The Morgan fingerprint density at radius 2 is 2.00 bits per heavy atom. The molecule has 1 aliphatic heterocycles. The van der Waals surface area contributed by atoms with Gasteiger partial charge in [0.05, 0.1) is 12.2 Å². The summed E-state index contributed by atoms with van der Waals surface area (Å²) in [5.74, 6) is -0.309. The lowest BCUT2D eigenvalue weighted by Gasteiger charge is -2.30. The summed E-state index contributed by atoms with van der Waals surface area (Å²) in [6.07, 6.45) is 0.556. The van der Waals surface area contributed by atoms with Crippen LogP contribution in [-0.2, 0) is 23.2 Å². The van der Waals surface area contributed by atoms with Crippen molar-refractivity contribution in [2.24, 2.45) is 0 Å². The number of hydrogen-bond acceptors (Lipinski definition) is 4. The van der Waals surface area contributed by atoms with E-state index < -0.39 is 10.2 Å². The molecule has 8 heteroatoms. The van der Waals surface area contributed by atoms with Crippen LogP contribution < -0.4 is 0 Å². The Labute approximate surface area is 145 Å². The van der Waals surface area contributed by atoms with Crippen LogP contribution >= 0.6 is 11.3 Å². The summed E-state index contributed by atoms with van der Waals surface area (Å²) in [5.41, 5.74) is 1.35. The van der Waals surface area contributed by atoms with Crippen LogP contribution in [0.1, 0.15) is 24.4 Å². The average molecular weight is 369 g/mol. The number of hydrogen-bond donors (Lipinski definition) is 0. The van der Waals surface area contributed by atoms with Gasteiger partial charge in [0.1, 0.15) is 10.8 Å². The van der Waals surface area contributed by atoms with Gasteiger partial charge in [-0.1, -0.05) is 26.0 Å². The molecule has 0 N–H and O–H groups in total. The molecule has 0 atom stereocenters. The minimum Gasteiger partial charge on any atom is -0.241 e. The van der Waals surface area contributed by atoms with Gasteiger partial charge < -0.3 is 0 Å². The number of aromatic nitrogens is 1. The first kappa shape index (κ1) is 17.5. The monoisotopic (exact) mass is 369 g/mol. The third kappa shape index (κ3) is 3.11. The van der Waals surface area contributed by atoms with Crippen molar-refractivity contribution in [3.05, 3.63) is 40.7 Å². The lowest BCUT2D eigenvalue weighted by molar-refractivity contribution is 0.336. The van der Waals surface area contributed by atoms with Crippen LogP contribution in [0.3, 0.4) is 0 Å². The van der Waals surface area contributed by atoms with Gasteiger partial charge in [-0.3, -0.25) is 0 Å². The fraction of sp³-hybridized carbons (Fsp3) is 0.438. The second-order valence-electron chi connectivity index (χ2n) is 5.54. The standard InChI is InChI=1S/C16H20FN3O2S2/c1-3-19(4-2)24(21,22)20-10-9-14-15(11-20)23-16(18-14)12-7-5-6-8-13(12)17/h5-8H,3-4,9-11H2,1-2H3. The summed E-state index contributed by atoms with van der Waals surface area (Å²) in [6, 6.07) is 6.53. The van der Waals surface area contributed by atoms with E-state index in [-0.39, 0.29) is 5.82 Å². The molecule has 0 fully saturated rings. The first-order valence-corrected chi connectivity index (χ1v) is 10.2. The van der Waals surface area contributed by atoms with E-state index in [4.69, 9.17) is 0 Å². The van der Waals surface area contributed by atoms with Crippen molar-refractivity contribution in [3.63, 3.8) is 0 Å². The normalized spacial score (nSPS) is 15.7. The Morgan fingerprint density at radius 3 is 2.67 bits per heavy atom. The molecule has 5 nitrogen and oxygen atoms in total. The molecule has 0 saturated carbocycles. The minimum atomic E-state index is -3.46. The van der Waals surface area contributed by atoms with E-state index in [0.717, 1.165) is 10.6 Å². The minimum absolute atomic E-state index is 0.306. The molecule has 1 aromatic carbocycles. The van der Waals surface area contributed by atoms with Crippen molar-refractivity contribution in [2.45, 2.75) is 26.8 Å². The van der Waals surface area contributed by atoms with E-state index in [2.05, 4.69) is 4.98 Å². The van der Waals surface area contributed by atoms with Gasteiger partial charge in [0, 0.05) is 36.5 Å². The molecular weight excluding hydrogens is 349 g/mol. The van der Waals surface area contributed by atoms with Crippen LogP contribution in [0.2, 0.25) is 0 Å². The van der Waals surface area contributed by atoms with E-state index in [9.17, 15) is 12.8 Å². The molecule has 0 radical (unpaired) electrons. The molecule has 0 amide bonds. The maximum Gasteiger partial charge on any atom is 0.282 e. The maximum atomic E-state index is 14.0. The van der Waals surface area contributed by atoms with Crippen LogP contribution in [-0.4, -0.2) is 41.6 Å². The fourth-order valence-electron chi connectivity index (χ4n) is 2.83. The van der Waals surface area contributed by atoms with Gasteiger partial charge in [-0.2, -0.15) is 17.0 Å². The van der Waals surface area contributed by atoms with Gasteiger partial charge in [-0.15, -0.1) is 11.3 Å². The molecule has 3 rings (SSSR count). The molecule has 0 aliphatic carbocycles. The van der Waals surface area contributed by atoms with Gasteiger partial charge >= 0.3 is 0 Å². The predicted octanol–water partition coefficient (Wildman–Crippen LogP) is 2.89. The Bertz CT molecular complexity index is 832. The number of thiazole rings is 1. The molecule has 24 heavy (non-hydrogen) atoms. The number of nitrogens with zero attached hydrogens (tertiary/aromatic N) is 3. The summed E-state index contributed by atoms with van der Waals surface area (Å²) in [6.45, 7) is 5.28. The number of rotatable bonds is 5. The third-order valence-corrected chi connectivity index (χ3v) is 7.41. The van der Waals surface area contributed by atoms with Crippen LogP contribution in [0.25, 0.3) is 10.6 Å². The molecule has 130 valence electrons. The quantitative estimate of drug-likeness (QED) is 0.814. The van der Waals surface area contributed by atoms with Gasteiger partial charge in [-0.05, 0) is 12.1 Å². The lowest BCUT2D eigenvalue weighted by Crippen LogP contribution is -2.45. The van der Waals surface area contributed by atoms with Crippen molar-refractivity contribution < 1.29 is 12.8 Å². The molecule has 0 spiro atoms. The Balaban J connectivity index is 1.89. The average Bonchev–Trinajstić information content (AvgIpc) is 2.99. The SMILES string of the molecule is CCN(CC)S(=O)(=O)N1CCc2nc(-c3ccccc3F)sc2C1. The Kier molecular flexibility index (Phi) is 5.00. The molecular formula is C16H20FN3O2S2. The Hall–Kier alpha value is -1.35.